The highest BCUT2D eigenvalue weighted by Crippen LogP contribution is 2.21. The molecule has 0 aliphatic rings. The molecule has 4 heteroatoms. The summed E-state index contributed by atoms with van der Waals surface area (Å²) in [6.07, 6.45) is 0. The summed E-state index contributed by atoms with van der Waals surface area (Å²) in [5, 5.41) is 11.5. The quantitative estimate of drug-likeness (QED) is 0.777. The van der Waals surface area contributed by atoms with Crippen molar-refractivity contribution in [2.75, 3.05) is 19.0 Å². The summed E-state index contributed by atoms with van der Waals surface area (Å²) < 4.78 is 0. The average Bonchev–Trinajstić information content (AvgIpc) is 2.59. The molecule has 0 spiro atoms. The van der Waals surface area contributed by atoms with Crippen molar-refractivity contribution in [3.8, 4) is 0 Å². The number of nitrogens with zero attached hydrogens (tertiary/aromatic N) is 1. The number of nitrogens with one attached hydrogen (secondary N) is 1. The fraction of sp³-hybridized carbons (Fsp3) is 0.182. The largest absolute Gasteiger partial charge is 0.543 e. The lowest BCUT2D eigenvalue weighted by molar-refractivity contribution is -0.255. The van der Waals surface area contributed by atoms with E-state index in [0.29, 0.717) is 0 Å². The number of carbonyl (C=O) groups is 1. The maximum atomic E-state index is 10.6. The van der Waals surface area contributed by atoms with Gasteiger partial charge in [-0.15, -0.1) is 0 Å². The zero-order chi connectivity index (χ0) is 11.0. The van der Waals surface area contributed by atoms with Crippen molar-refractivity contribution in [3.63, 3.8) is 0 Å². The lowest BCUT2D eigenvalue weighted by Crippen LogP contribution is -2.22. The van der Waals surface area contributed by atoms with Crippen LogP contribution < -0.4 is 10.0 Å². The normalized spacial score (nSPS) is 10.5. The van der Waals surface area contributed by atoms with E-state index in [0.717, 1.165) is 16.6 Å². The second-order valence-electron chi connectivity index (χ2n) is 3.64. The highest BCUT2D eigenvalue weighted by molar-refractivity contribution is 5.93. The Morgan fingerprint density at radius 3 is 2.67 bits per heavy atom. The van der Waals surface area contributed by atoms with Gasteiger partial charge in [0.25, 0.3) is 0 Å². The van der Waals surface area contributed by atoms with E-state index >= 15 is 0 Å². The van der Waals surface area contributed by atoms with Crippen molar-refractivity contribution in [2.24, 2.45) is 0 Å². The van der Waals surface area contributed by atoms with Crippen LogP contribution in [0, 0.1) is 0 Å². The monoisotopic (exact) mass is 203 g/mol. The van der Waals surface area contributed by atoms with Crippen LogP contribution in [0.5, 0.6) is 0 Å². The number of hydrogen-bond donors (Lipinski definition) is 1. The molecule has 0 radical (unpaired) electrons. The van der Waals surface area contributed by atoms with Crippen molar-refractivity contribution < 1.29 is 9.90 Å². The number of carboxylic acid groups (broad SMARTS) is 1. The van der Waals surface area contributed by atoms with Gasteiger partial charge in [-0.25, -0.2) is 0 Å². The van der Waals surface area contributed by atoms with Crippen LogP contribution in [0.2, 0.25) is 0 Å². The molecular formula is C11H11N2O2-. The number of rotatable bonds is 2. The summed E-state index contributed by atoms with van der Waals surface area (Å²) >= 11 is 0. The summed E-state index contributed by atoms with van der Waals surface area (Å²) in [5.74, 6) is -1.18. The van der Waals surface area contributed by atoms with Crippen LogP contribution in [0.25, 0.3) is 10.9 Å². The van der Waals surface area contributed by atoms with Crippen LogP contribution in [-0.4, -0.2) is 25.0 Å². The Morgan fingerprint density at radius 1 is 1.33 bits per heavy atom. The molecule has 0 fully saturated rings. The molecule has 0 amide bonds. The highest BCUT2D eigenvalue weighted by Gasteiger charge is 2.03. The third-order valence-electron chi connectivity index (χ3n) is 2.34. The molecule has 15 heavy (non-hydrogen) atoms. The van der Waals surface area contributed by atoms with Crippen molar-refractivity contribution >= 4 is 22.6 Å². The zero-order valence-corrected chi connectivity index (χ0v) is 8.57. The molecule has 2 rings (SSSR count). The minimum atomic E-state index is -1.18. The maximum Gasteiger partial charge on any atom is 0.0878 e. The first kappa shape index (κ1) is 9.58. The van der Waals surface area contributed by atoms with Gasteiger partial charge in [-0.05, 0) is 18.2 Å². The van der Waals surface area contributed by atoms with E-state index in [9.17, 15) is 9.90 Å². The number of carboxylic acids is 1. The summed E-state index contributed by atoms with van der Waals surface area (Å²) in [6, 6.07) is 7.30. The summed E-state index contributed by atoms with van der Waals surface area (Å²) in [4.78, 5) is 15.4. The molecule has 0 aliphatic carbocycles. The molecule has 0 saturated heterocycles. The van der Waals surface area contributed by atoms with Gasteiger partial charge in [-0.3, -0.25) is 0 Å². The molecule has 0 bridgehead atoms. The zero-order valence-electron chi connectivity index (χ0n) is 8.57. The Morgan fingerprint density at radius 2 is 2.07 bits per heavy atom. The Labute approximate surface area is 87.1 Å². The smallest absolute Gasteiger partial charge is 0.0878 e. The number of benzene rings is 1. The standard InChI is InChI=1S/C11H12N2O2/c1-13(2)8-4-3-7-5-10(11(14)15)12-9(7)6-8/h3-6,12H,1-2H3,(H,14,15)/p-1. The van der Waals surface area contributed by atoms with E-state index < -0.39 is 5.97 Å². The van der Waals surface area contributed by atoms with Crippen LogP contribution in [0.1, 0.15) is 10.5 Å². The van der Waals surface area contributed by atoms with Crippen molar-refractivity contribution in [3.05, 3.63) is 30.0 Å². The third kappa shape index (κ3) is 1.66. The molecule has 1 aromatic heterocycles. The van der Waals surface area contributed by atoms with Gasteiger partial charge >= 0.3 is 0 Å². The molecule has 2 aromatic rings. The van der Waals surface area contributed by atoms with E-state index in [4.69, 9.17) is 0 Å². The van der Waals surface area contributed by atoms with Gasteiger partial charge in [-0.1, -0.05) is 6.07 Å². The van der Waals surface area contributed by atoms with Gasteiger partial charge in [0, 0.05) is 30.7 Å². The fourth-order valence-corrected chi connectivity index (χ4v) is 1.50. The Balaban J connectivity index is 2.57. The Hall–Kier alpha value is -1.97. The topological polar surface area (TPSA) is 59.2 Å². The molecule has 1 N–H and O–H groups in total. The number of aromatic amines is 1. The Bertz CT molecular complexity index is 514. The molecule has 4 nitrogen and oxygen atoms in total. The Kier molecular flexibility index (Phi) is 2.11. The van der Waals surface area contributed by atoms with Crippen LogP contribution in [0.3, 0.4) is 0 Å². The van der Waals surface area contributed by atoms with Crippen molar-refractivity contribution in [2.45, 2.75) is 0 Å². The summed E-state index contributed by atoms with van der Waals surface area (Å²) in [5.41, 5.74) is 1.94. The minimum absolute atomic E-state index is 0.112. The van der Waals surface area contributed by atoms with E-state index in [1.54, 1.807) is 6.07 Å². The summed E-state index contributed by atoms with van der Waals surface area (Å²) in [7, 11) is 3.87. The number of hydrogen-bond acceptors (Lipinski definition) is 3. The SMILES string of the molecule is CN(C)c1ccc2cc(C(=O)[O-])[nH]c2c1. The van der Waals surface area contributed by atoms with Crippen LogP contribution in [0.4, 0.5) is 5.69 Å². The molecule has 0 unspecified atom stereocenters. The predicted molar refractivity (Wildman–Crippen MR) is 57.0 cm³/mol. The lowest BCUT2D eigenvalue weighted by atomic mass is 10.2. The highest BCUT2D eigenvalue weighted by atomic mass is 16.4. The molecule has 78 valence electrons. The first-order valence-electron chi connectivity index (χ1n) is 4.59. The average molecular weight is 203 g/mol. The number of aromatic carboxylic acids is 1. The van der Waals surface area contributed by atoms with Crippen LogP contribution >= 0.6 is 0 Å². The van der Waals surface area contributed by atoms with Gasteiger partial charge in [-0.2, -0.15) is 0 Å². The number of anilines is 1. The molecule has 0 saturated carbocycles. The number of H-pyrrole nitrogens is 1. The van der Waals surface area contributed by atoms with Crippen LogP contribution in [-0.2, 0) is 0 Å². The second kappa shape index (κ2) is 3.31. The van der Waals surface area contributed by atoms with Crippen molar-refractivity contribution in [1.29, 1.82) is 0 Å². The lowest BCUT2D eigenvalue weighted by Gasteiger charge is -2.11. The van der Waals surface area contributed by atoms with Crippen LogP contribution in [0.15, 0.2) is 24.3 Å². The number of carbonyl (C=O) groups excluding carboxylic acids is 1. The van der Waals surface area contributed by atoms with E-state index in [2.05, 4.69) is 4.98 Å². The van der Waals surface area contributed by atoms with Gasteiger partial charge in [0.05, 0.1) is 11.7 Å². The van der Waals surface area contributed by atoms with Gasteiger partial charge < -0.3 is 19.8 Å². The summed E-state index contributed by atoms with van der Waals surface area (Å²) in [6.45, 7) is 0. The van der Waals surface area contributed by atoms with E-state index in [1.165, 1.54) is 0 Å². The second-order valence-corrected chi connectivity index (χ2v) is 3.64. The number of fused-ring (bicyclic) bond motifs is 1. The maximum absolute atomic E-state index is 10.6. The first-order valence-corrected chi connectivity index (χ1v) is 4.59. The number of aromatic nitrogens is 1. The van der Waals surface area contributed by atoms with Gasteiger partial charge in [0.1, 0.15) is 0 Å². The fourth-order valence-electron chi connectivity index (χ4n) is 1.50. The molecule has 1 aromatic carbocycles. The van der Waals surface area contributed by atoms with Gasteiger partial charge in [0.15, 0.2) is 0 Å². The van der Waals surface area contributed by atoms with Crippen molar-refractivity contribution in [1.82, 2.24) is 4.98 Å². The first-order chi connectivity index (χ1) is 7.08. The van der Waals surface area contributed by atoms with E-state index in [1.807, 2.05) is 37.2 Å². The van der Waals surface area contributed by atoms with Gasteiger partial charge in [0.2, 0.25) is 0 Å². The molecule has 1 heterocycles. The predicted octanol–water partition coefficient (Wildman–Crippen LogP) is 0.597. The van der Waals surface area contributed by atoms with E-state index in [-0.39, 0.29) is 5.69 Å². The molecular weight excluding hydrogens is 192 g/mol. The third-order valence-corrected chi connectivity index (χ3v) is 2.34. The molecule has 0 atom stereocenters. The minimum Gasteiger partial charge on any atom is -0.543 e. The molecule has 0 aliphatic heterocycles.